The maximum atomic E-state index is 13.1. The number of carboxylic acids is 1. The number of halogens is 3. The van der Waals surface area contributed by atoms with E-state index in [-0.39, 0.29) is 15.4 Å². The molecule has 10 heteroatoms. The molecule has 1 aromatic heterocycles. The van der Waals surface area contributed by atoms with Gasteiger partial charge in [-0.1, -0.05) is 11.6 Å². The molecule has 0 saturated carbocycles. The summed E-state index contributed by atoms with van der Waals surface area (Å²) in [6, 6.07) is 3.96. The number of nitrogens with one attached hydrogen (secondary N) is 1. The van der Waals surface area contributed by atoms with E-state index >= 15 is 0 Å². The highest BCUT2D eigenvalue weighted by atomic mass is 79.9. The van der Waals surface area contributed by atoms with Crippen LogP contribution in [0.1, 0.15) is 10.6 Å². The van der Waals surface area contributed by atoms with Gasteiger partial charge in [0.25, 0.3) is 10.0 Å². The minimum absolute atomic E-state index is 0.0157. The fourth-order valence-corrected chi connectivity index (χ4v) is 3.65. The van der Waals surface area contributed by atoms with Gasteiger partial charge >= 0.3 is 5.97 Å². The zero-order valence-electron chi connectivity index (χ0n) is 9.93. The molecule has 1 aromatic carbocycles. The smallest absolute Gasteiger partial charge is 0.371 e. The van der Waals surface area contributed by atoms with E-state index in [0.717, 1.165) is 18.2 Å². The van der Waals surface area contributed by atoms with Crippen molar-refractivity contribution in [3.8, 4) is 0 Å². The third-order valence-corrected chi connectivity index (χ3v) is 4.88. The Labute approximate surface area is 131 Å². The third kappa shape index (κ3) is 3.36. The number of benzene rings is 1. The van der Waals surface area contributed by atoms with Crippen molar-refractivity contribution in [2.24, 2.45) is 0 Å². The van der Waals surface area contributed by atoms with Gasteiger partial charge in [-0.15, -0.1) is 0 Å². The molecule has 2 aromatic rings. The summed E-state index contributed by atoms with van der Waals surface area (Å²) in [5.74, 6) is -2.68. The monoisotopic (exact) mass is 397 g/mol. The molecule has 2 N–H and O–H groups in total. The summed E-state index contributed by atoms with van der Waals surface area (Å²) in [5.41, 5.74) is -0.179. The van der Waals surface area contributed by atoms with Crippen LogP contribution in [0, 0.1) is 5.82 Å². The van der Waals surface area contributed by atoms with Crippen LogP contribution in [0.2, 0.25) is 5.02 Å². The zero-order valence-corrected chi connectivity index (χ0v) is 13.1. The minimum Gasteiger partial charge on any atom is -0.475 e. The molecule has 0 aliphatic carbocycles. The molecule has 0 amide bonds. The van der Waals surface area contributed by atoms with Crippen molar-refractivity contribution in [2.75, 3.05) is 4.72 Å². The van der Waals surface area contributed by atoms with Crippen LogP contribution in [0.3, 0.4) is 0 Å². The molecule has 112 valence electrons. The second-order valence-electron chi connectivity index (χ2n) is 3.78. The molecule has 0 bridgehead atoms. The fraction of sp³-hybridized carbons (Fsp3) is 0. The van der Waals surface area contributed by atoms with Crippen LogP contribution in [-0.4, -0.2) is 19.5 Å². The summed E-state index contributed by atoms with van der Waals surface area (Å²) in [6.07, 6.45) is 0. The SMILES string of the molecule is O=C(O)c1cc(S(=O)(=O)Nc2cc(F)ccc2Cl)c(Br)o1. The van der Waals surface area contributed by atoms with Gasteiger partial charge in [0.05, 0.1) is 10.7 Å². The Morgan fingerprint density at radius 1 is 1.38 bits per heavy atom. The highest BCUT2D eigenvalue weighted by molar-refractivity contribution is 9.10. The van der Waals surface area contributed by atoms with E-state index in [0.29, 0.717) is 0 Å². The van der Waals surface area contributed by atoms with E-state index in [1.165, 1.54) is 6.07 Å². The van der Waals surface area contributed by atoms with E-state index in [1.54, 1.807) is 0 Å². The Morgan fingerprint density at radius 2 is 2.05 bits per heavy atom. The van der Waals surface area contributed by atoms with Gasteiger partial charge in [0.15, 0.2) is 4.67 Å². The van der Waals surface area contributed by atoms with Gasteiger partial charge in [-0.3, -0.25) is 4.72 Å². The topological polar surface area (TPSA) is 96.6 Å². The maximum Gasteiger partial charge on any atom is 0.371 e. The van der Waals surface area contributed by atoms with Gasteiger partial charge in [0, 0.05) is 6.07 Å². The molecular weight excluding hydrogens is 393 g/mol. The van der Waals surface area contributed by atoms with Crippen LogP contribution in [0.25, 0.3) is 0 Å². The summed E-state index contributed by atoms with van der Waals surface area (Å²) >= 11 is 8.57. The van der Waals surface area contributed by atoms with Crippen molar-refractivity contribution in [2.45, 2.75) is 4.90 Å². The van der Waals surface area contributed by atoms with Crippen molar-refractivity contribution in [3.63, 3.8) is 0 Å². The number of hydrogen-bond donors (Lipinski definition) is 2. The van der Waals surface area contributed by atoms with Gasteiger partial charge < -0.3 is 9.52 Å². The normalized spacial score (nSPS) is 11.4. The lowest BCUT2D eigenvalue weighted by Crippen LogP contribution is -2.13. The molecule has 6 nitrogen and oxygen atoms in total. The summed E-state index contributed by atoms with van der Waals surface area (Å²) in [4.78, 5) is 10.3. The first-order chi connectivity index (χ1) is 9.70. The van der Waals surface area contributed by atoms with Gasteiger partial charge in [-0.2, -0.15) is 0 Å². The number of anilines is 1. The molecule has 21 heavy (non-hydrogen) atoms. The van der Waals surface area contributed by atoms with Crippen LogP contribution in [-0.2, 0) is 10.0 Å². The Bertz CT molecular complexity index is 820. The summed E-state index contributed by atoms with van der Waals surface area (Å²) in [5, 5.41) is 8.74. The van der Waals surface area contributed by atoms with Crippen LogP contribution >= 0.6 is 27.5 Å². The van der Waals surface area contributed by atoms with E-state index < -0.39 is 32.5 Å². The zero-order chi connectivity index (χ0) is 15.8. The molecule has 0 spiro atoms. The average molecular weight is 399 g/mol. The van der Waals surface area contributed by atoms with E-state index in [1.807, 2.05) is 0 Å². The van der Waals surface area contributed by atoms with Gasteiger partial charge in [-0.05, 0) is 34.1 Å². The van der Waals surface area contributed by atoms with E-state index in [9.17, 15) is 17.6 Å². The fourth-order valence-electron chi connectivity index (χ4n) is 1.42. The van der Waals surface area contributed by atoms with Crippen molar-refractivity contribution in [1.82, 2.24) is 0 Å². The molecule has 2 rings (SSSR count). The lowest BCUT2D eigenvalue weighted by atomic mass is 10.3. The summed E-state index contributed by atoms with van der Waals surface area (Å²) < 4.78 is 43.9. The summed E-state index contributed by atoms with van der Waals surface area (Å²) in [6.45, 7) is 0. The van der Waals surface area contributed by atoms with Crippen molar-refractivity contribution in [1.29, 1.82) is 0 Å². The Balaban J connectivity index is 2.43. The Kier molecular flexibility index (Phi) is 4.26. The number of sulfonamides is 1. The average Bonchev–Trinajstić information content (AvgIpc) is 2.77. The number of rotatable bonds is 4. The van der Waals surface area contributed by atoms with E-state index in [4.69, 9.17) is 21.1 Å². The lowest BCUT2D eigenvalue weighted by molar-refractivity contribution is 0.0661. The first-order valence-electron chi connectivity index (χ1n) is 5.21. The highest BCUT2D eigenvalue weighted by Gasteiger charge is 2.25. The van der Waals surface area contributed by atoms with Crippen molar-refractivity contribution < 1.29 is 27.1 Å². The van der Waals surface area contributed by atoms with Gasteiger partial charge in [0.2, 0.25) is 5.76 Å². The van der Waals surface area contributed by atoms with Crippen LogP contribution in [0.5, 0.6) is 0 Å². The largest absolute Gasteiger partial charge is 0.475 e. The first-order valence-corrected chi connectivity index (χ1v) is 7.86. The predicted octanol–water partition coefficient (Wildman–Crippen LogP) is 3.33. The van der Waals surface area contributed by atoms with Gasteiger partial charge in [-0.25, -0.2) is 17.6 Å². The number of carbonyl (C=O) groups is 1. The molecule has 0 fully saturated rings. The molecule has 0 radical (unpaired) electrons. The standard InChI is InChI=1S/C11H6BrClFNO5S/c12-10-9(4-8(20-10)11(16)17)21(18,19)15-7-3-5(14)1-2-6(7)13/h1-4,15H,(H,16,17). The second kappa shape index (κ2) is 5.66. The van der Waals surface area contributed by atoms with Crippen LogP contribution < -0.4 is 4.72 Å². The van der Waals surface area contributed by atoms with Gasteiger partial charge in [0.1, 0.15) is 10.7 Å². The minimum atomic E-state index is -4.20. The molecule has 0 aliphatic heterocycles. The number of carboxylic acid groups (broad SMARTS) is 1. The van der Waals surface area contributed by atoms with Crippen LogP contribution in [0.15, 0.2) is 38.2 Å². The van der Waals surface area contributed by atoms with Crippen molar-refractivity contribution in [3.05, 3.63) is 45.5 Å². The second-order valence-corrected chi connectivity index (χ2v) is 6.56. The number of furan rings is 1. The number of hydrogen-bond acceptors (Lipinski definition) is 4. The summed E-state index contributed by atoms with van der Waals surface area (Å²) in [7, 11) is -4.20. The van der Waals surface area contributed by atoms with Crippen LogP contribution in [0.4, 0.5) is 10.1 Å². The molecular formula is C11H6BrClFNO5S. The molecule has 0 saturated heterocycles. The molecule has 1 heterocycles. The molecule has 0 unspecified atom stereocenters. The predicted molar refractivity (Wildman–Crippen MR) is 75.6 cm³/mol. The maximum absolute atomic E-state index is 13.1. The Morgan fingerprint density at radius 3 is 2.62 bits per heavy atom. The number of aromatic carboxylic acids is 1. The van der Waals surface area contributed by atoms with Crippen molar-refractivity contribution >= 4 is 49.2 Å². The highest BCUT2D eigenvalue weighted by Crippen LogP contribution is 2.30. The first kappa shape index (κ1) is 15.8. The molecule has 0 atom stereocenters. The lowest BCUT2D eigenvalue weighted by Gasteiger charge is -2.08. The quantitative estimate of drug-likeness (QED) is 0.823. The Hall–Kier alpha value is -1.58. The van der Waals surface area contributed by atoms with E-state index in [2.05, 4.69) is 20.7 Å². The molecule has 0 aliphatic rings. The third-order valence-electron chi connectivity index (χ3n) is 2.33.